The summed E-state index contributed by atoms with van der Waals surface area (Å²) in [6.45, 7) is 9.46. The summed E-state index contributed by atoms with van der Waals surface area (Å²) >= 11 is 24.0. The average molecular weight is 1430 g/mol. The fraction of sp³-hybridized carbons (Fsp3) is 0.304. The molecule has 0 aliphatic heterocycles. The van der Waals surface area contributed by atoms with Crippen LogP contribution in [0.25, 0.3) is 0 Å². The molecule has 0 saturated carbocycles. The van der Waals surface area contributed by atoms with E-state index < -0.39 is 11.1 Å². The number of halogens is 6. The third-order valence-electron chi connectivity index (χ3n) is 11.1. The molecule has 2 aliphatic carbocycles. The molecule has 8 rings (SSSR count). The van der Waals surface area contributed by atoms with Gasteiger partial charge in [0.2, 0.25) is 0 Å². The molecule has 0 fully saturated rings. The van der Waals surface area contributed by atoms with Crippen molar-refractivity contribution >= 4 is 142 Å². The molecule has 9 nitrogen and oxygen atoms in total. The van der Waals surface area contributed by atoms with E-state index in [1.807, 2.05) is 54.6 Å². The molecule has 0 saturated heterocycles. The van der Waals surface area contributed by atoms with Crippen LogP contribution in [0.15, 0.2) is 161 Å². The first kappa shape index (κ1) is 75.0. The summed E-state index contributed by atoms with van der Waals surface area (Å²) in [5, 5.41) is 11.0. The van der Waals surface area contributed by atoms with Crippen molar-refractivity contribution in [3.8, 4) is 0 Å². The first-order valence-corrected chi connectivity index (χ1v) is 28.5. The summed E-state index contributed by atoms with van der Waals surface area (Å²) in [5.41, 5.74) is 24.3. The van der Waals surface area contributed by atoms with Crippen molar-refractivity contribution in [3.05, 3.63) is 207 Å². The molecule has 0 aromatic heterocycles. The molecule has 2 unspecified atom stereocenters. The summed E-state index contributed by atoms with van der Waals surface area (Å²) in [6, 6.07) is 45.2. The normalized spacial score (nSPS) is 14.6. The number of fused-ring (bicyclic) bond motifs is 2. The number of aliphatic hydroxyl groups is 1. The Kier molecular flexibility index (Phi) is 40.9. The van der Waals surface area contributed by atoms with Crippen molar-refractivity contribution in [1.82, 2.24) is 0 Å². The van der Waals surface area contributed by atoms with Crippen LogP contribution >= 0.6 is 108 Å². The number of hydrogen-bond acceptors (Lipinski definition) is 10. The van der Waals surface area contributed by atoms with E-state index in [2.05, 4.69) is 220 Å². The summed E-state index contributed by atoms with van der Waals surface area (Å²) in [4.78, 5) is 32.7. The van der Waals surface area contributed by atoms with Crippen molar-refractivity contribution in [2.75, 3.05) is 19.8 Å². The van der Waals surface area contributed by atoms with E-state index in [-0.39, 0.29) is 65.6 Å². The van der Waals surface area contributed by atoms with Crippen molar-refractivity contribution in [2.45, 2.75) is 89.0 Å². The minimum Gasteiger partial charge on any atom is -1.00 e. The van der Waals surface area contributed by atoms with Gasteiger partial charge in [-0.05, 0) is 109 Å². The van der Waals surface area contributed by atoms with Gasteiger partial charge in [0.1, 0.15) is 5.54 Å². The summed E-state index contributed by atoms with van der Waals surface area (Å²) in [6.07, 6.45) is 3.96. The van der Waals surface area contributed by atoms with E-state index in [0.717, 1.165) is 62.3 Å². The Labute approximate surface area is 528 Å². The van der Waals surface area contributed by atoms with Crippen LogP contribution in [0.1, 0.15) is 84.8 Å². The Balaban J connectivity index is -0.000000853. The van der Waals surface area contributed by atoms with E-state index in [4.69, 9.17) is 35.9 Å². The zero-order chi connectivity index (χ0) is 53.7. The van der Waals surface area contributed by atoms with Gasteiger partial charge in [0.05, 0.1) is 18.9 Å². The predicted octanol–water partition coefficient (Wildman–Crippen LogP) is 11.3. The Bertz CT molecular complexity index is 2640. The Morgan fingerprint density at radius 3 is 1.57 bits per heavy atom. The average Bonchev–Trinajstić information content (AvgIpc) is 3.94. The second-order valence-corrected chi connectivity index (χ2v) is 21.1. The smallest absolute Gasteiger partial charge is 1.00 e. The first-order valence-electron chi connectivity index (χ1n) is 22.6. The van der Waals surface area contributed by atoms with Crippen LogP contribution in [0.3, 0.4) is 0 Å². The maximum atomic E-state index is 11.8. The van der Waals surface area contributed by atoms with Crippen LogP contribution in [-0.2, 0) is 55.5 Å². The number of aliphatic imine (C=N–C) groups is 1. The van der Waals surface area contributed by atoms with Gasteiger partial charge in [0.15, 0.2) is 0 Å². The largest absolute Gasteiger partial charge is 1.00 e. The molecule has 2 aliphatic rings. The molecule has 75 heavy (non-hydrogen) atoms. The van der Waals surface area contributed by atoms with Crippen LogP contribution in [-0.4, -0.2) is 69.8 Å². The van der Waals surface area contributed by atoms with Crippen molar-refractivity contribution in [2.24, 2.45) is 20.8 Å². The molecule has 19 heteroatoms. The van der Waals surface area contributed by atoms with Gasteiger partial charge >= 0.3 is 66.4 Å². The number of nitrogens with two attached hydrogens (primary N) is 2. The molecule has 4 radical (unpaired) electrons. The van der Waals surface area contributed by atoms with E-state index in [1.54, 1.807) is 6.92 Å². The second-order valence-electron chi connectivity index (χ2n) is 16.3. The minimum atomic E-state index is -0.887. The van der Waals surface area contributed by atoms with Crippen molar-refractivity contribution in [1.29, 1.82) is 0 Å². The molecule has 6 aromatic rings. The fourth-order valence-electron chi connectivity index (χ4n) is 7.33. The maximum absolute atomic E-state index is 11.8. The standard InChI is InChI=1S/C16H17N.C12H14BrNO2.C10H12BrNO.C8H7Br3.C8H9Br.CO2.CH4.BHNS.B.Na.H/c1-2-13-17-16(14-9-5-3-6-10-14)15-11-7-4-8-12-15;1-2-16-11(15)12(14)6-8-4-3-5-10(13)9(8)7-12;11-9-3-1-2-7-4-10(12,6-13)5-8(7)9;9-4-6-2-1-3-8(11)7(6)5-10;1-6-4-3-5-8(9)7(6)2;2-1-3;;1-2-3;;;/h3-12H,2,13H2,1H3;3-5H,2,6-7,14H2,1H3;1-3,13H,4-6,12H2;1-3H,4-5H2;3-5H,1-2H3;;1H4;3H;;;/q;;;;;;;;;+1;-1. The van der Waals surface area contributed by atoms with Gasteiger partial charge < -0.3 is 22.7 Å². The molecule has 6 aromatic carbocycles. The van der Waals surface area contributed by atoms with Crippen molar-refractivity contribution in [3.63, 3.8) is 0 Å². The number of rotatable bonds is 9. The third-order valence-corrected chi connectivity index (χ3v) is 15.4. The van der Waals surface area contributed by atoms with Gasteiger partial charge in [-0.1, -0.05) is 219 Å². The van der Waals surface area contributed by atoms with Gasteiger partial charge in [-0.25, -0.2) is 0 Å². The Morgan fingerprint density at radius 1 is 0.720 bits per heavy atom. The van der Waals surface area contributed by atoms with Crippen LogP contribution in [0.4, 0.5) is 0 Å². The molecular weight excluding hydrogens is 1360 g/mol. The number of esters is 1. The number of benzene rings is 6. The third kappa shape index (κ3) is 25.3. The molecule has 2 atom stereocenters. The van der Waals surface area contributed by atoms with Gasteiger partial charge in [-0.15, -0.1) is 0 Å². The number of aliphatic hydroxyl groups excluding tert-OH is 1. The first-order chi connectivity index (χ1) is 34.5. The number of alkyl halides is 2. The number of hydrogen-bond donors (Lipinski definition) is 4. The maximum Gasteiger partial charge on any atom is 1.00 e. The van der Waals surface area contributed by atoms with E-state index in [9.17, 15) is 4.79 Å². The van der Waals surface area contributed by atoms with Crippen LogP contribution in [0.5, 0.6) is 0 Å². The second kappa shape index (κ2) is 41.0. The predicted molar refractivity (Wildman–Crippen MR) is 333 cm³/mol. The Morgan fingerprint density at radius 2 is 1.17 bits per heavy atom. The van der Waals surface area contributed by atoms with Crippen LogP contribution in [0.2, 0.25) is 0 Å². The van der Waals surface area contributed by atoms with Crippen LogP contribution in [0, 0.1) is 13.8 Å². The molecule has 394 valence electrons. The van der Waals surface area contributed by atoms with E-state index >= 15 is 0 Å². The van der Waals surface area contributed by atoms with E-state index in [0.29, 0.717) is 19.4 Å². The van der Waals surface area contributed by atoms with Crippen molar-refractivity contribution < 1.29 is 55.2 Å². The molecular formula is C56H65B2Br6N4NaO5S. The summed E-state index contributed by atoms with van der Waals surface area (Å²) in [7, 11) is 4.34. The quantitative estimate of drug-likeness (QED) is 0.0369. The molecule has 0 amide bonds. The topological polar surface area (TPSA) is 157 Å². The minimum absolute atomic E-state index is 0. The van der Waals surface area contributed by atoms with Gasteiger partial charge in [-0.2, -0.15) is 9.59 Å². The molecule has 0 bridgehead atoms. The number of nitrogens with zero attached hydrogens (tertiary/aromatic N) is 2. The summed E-state index contributed by atoms with van der Waals surface area (Å²) in [5.74, 6) is -0.307. The molecule has 0 heterocycles. The van der Waals surface area contributed by atoms with Gasteiger partial charge in [-0.3, -0.25) is 9.79 Å². The molecule has 5 N–H and O–H groups in total. The zero-order valence-electron chi connectivity index (χ0n) is 43.3. The number of aryl methyl sites for hydroxylation is 1. The fourth-order valence-corrected chi connectivity index (χ4v) is 11.0. The Hall–Kier alpha value is -2.12. The summed E-state index contributed by atoms with van der Waals surface area (Å²) < 4.78 is 12.2. The van der Waals surface area contributed by atoms with Gasteiger partial charge in [0.25, 0.3) is 0 Å². The van der Waals surface area contributed by atoms with Crippen LogP contribution < -0.4 is 41.0 Å². The number of thiol groups is 1. The number of carbonyl (C=O) groups excluding carboxylic acids is 3. The SMILES string of the molecule is BrCc1cccc(Br)c1CBr.C.CCCN=C(c1ccccc1)c1ccccc1.CCOC(=O)C1(N)Cc2cccc(Br)c2C1.Cc1cccc(Br)c1C.NC1(CO)Cc2cccc(Br)c2C1.O=C=O.[B].[B]=NS.[H-].[Na+]. The number of ether oxygens (including phenoxy) is 1. The monoisotopic (exact) mass is 1420 g/mol. The number of carbonyl (C=O) groups is 1. The zero-order valence-corrected chi connectivity index (χ0v) is 54.7. The van der Waals surface area contributed by atoms with E-state index in [1.165, 1.54) is 53.5 Å². The molecule has 0 spiro atoms. The van der Waals surface area contributed by atoms with Gasteiger partial charge in [0, 0.05) is 73.0 Å².